The molecule has 1 N–H and O–H groups in total. The van der Waals surface area contributed by atoms with E-state index in [0.717, 1.165) is 24.9 Å². The number of benzene rings is 1. The zero-order valence-electron chi connectivity index (χ0n) is 15.4. The van der Waals surface area contributed by atoms with Crippen LogP contribution in [0.5, 0.6) is 0 Å². The minimum absolute atomic E-state index is 0.0847. The number of halogens is 1. The van der Waals surface area contributed by atoms with Crippen molar-refractivity contribution >= 4 is 11.5 Å². The molecule has 0 spiro atoms. The summed E-state index contributed by atoms with van der Waals surface area (Å²) in [6.45, 7) is 3.15. The fourth-order valence-corrected chi connectivity index (χ4v) is 3.44. The normalized spacial score (nSPS) is 16.6. The van der Waals surface area contributed by atoms with Gasteiger partial charge in [-0.15, -0.1) is 0 Å². The second kappa shape index (κ2) is 7.64. The summed E-state index contributed by atoms with van der Waals surface area (Å²) < 4.78 is 19.7. The maximum absolute atomic E-state index is 14.4. The van der Waals surface area contributed by atoms with Crippen LogP contribution in [0.15, 0.2) is 41.1 Å². The Morgan fingerprint density at radius 1 is 1.36 bits per heavy atom. The first-order valence-electron chi connectivity index (χ1n) is 9.11. The maximum Gasteiger partial charge on any atom is 0.261 e. The molecule has 2 aromatic heterocycles. The van der Waals surface area contributed by atoms with E-state index in [9.17, 15) is 4.39 Å². The third-order valence-electron chi connectivity index (χ3n) is 4.75. The van der Waals surface area contributed by atoms with E-state index in [1.807, 2.05) is 23.1 Å². The van der Waals surface area contributed by atoms with Crippen molar-refractivity contribution in [3.8, 4) is 17.5 Å². The summed E-state index contributed by atoms with van der Waals surface area (Å²) >= 11 is 0. The molecule has 1 unspecified atom stereocenters. The van der Waals surface area contributed by atoms with Gasteiger partial charge in [-0.25, -0.2) is 9.37 Å². The minimum Gasteiger partial charge on any atom is -0.367 e. The van der Waals surface area contributed by atoms with Crippen LogP contribution in [0.4, 0.5) is 15.9 Å². The number of aryl methyl sites for hydroxylation is 1. The number of hydrogen-bond donors (Lipinski definition) is 1. The summed E-state index contributed by atoms with van der Waals surface area (Å²) in [6.07, 6.45) is 3.56. The van der Waals surface area contributed by atoms with E-state index in [1.54, 1.807) is 25.3 Å². The van der Waals surface area contributed by atoms with Crippen molar-refractivity contribution in [3.05, 3.63) is 53.7 Å². The lowest BCUT2D eigenvalue weighted by atomic mass is 10.0. The molecule has 1 fully saturated rings. The molecule has 1 aliphatic rings. The standard InChI is InChI=1S/C20H19FN6O/c1-13-24-20(28-26-13)16-5-2-8-23-19(16)25-15-4-3-9-27(12-15)18-7-6-14(11-22)10-17(18)21/h2,5-8,10,15H,3-4,9,12H2,1H3,(H,23,25). The summed E-state index contributed by atoms with van der Waals surface area (Å²) in [5.41, 5.74) is 1.57. The fourth-order valence-electron chi connectivity index (χ4n) is 3.44. The molecule has 28 heavy (non-hydrogen) atoms. The molecule has 142 valence electrons. The molecule has 0 radical (unpaired) electrons. The van der Waals surface area contributed by atoms with Crippen LogP contribution in [-0.4, -0.2) is 34.3 Å². The highest BCUT2D eigenvalue weighted by atomic mass is 19.1. The number of nitrogens with zero attached hydrogens (tertiary/aromatic N) is 5. The first-order valence-corrected chi connectivity index (χ1v) is 9.11. The number of pyridine rings is 1. The largest absolute Gasteiger partial charge is 0.367 e. The number of aromatic nitrogens is 3. The van der Waals surface area contributed by atoms with Gasteiger partial charge in [0, 0.05) is 25.3 Å². The van der Waals surface area contributed by atoms with Crippen molar-refractivity contribution in [2.75, 3.05) is 23.3 Å². The molecule has 4 rings (SSSR count). The second-order valence-corrected chi connectivity index (χ2v) is 6.75. The molecule has 0 aliphatic carbocycles. The van der Waals surface area contributed by atoms with E-state index in [1.165, 1.54) is 6.07 Å². The quantitative estimate of drug-likeness (QED) is 0.742. The van der Waals surface area contributed by atoms with Crippen molar-refractivity contribution in [1.82, 2.24) is 15.1 Å². The Labute approximate surface area is 161 Å². The van der Waals surface area contributed by atoms with Crippen LogP contribution in [0.1, 0.15) is 24.2 Å². The van der Waals surface area contributed by atoms with Crippen LogP contribution in [-0.2, 0) is 0 Å². The van der Waals surface area contributed by atoms with Crippen LogP contribution in [0.25, 0.3) is 11.5 Å². The highest BCUT2D eigenvalue weighted by Crippen LogP contribution is 2.28. The van der Waals surface area contributed by atoms with Crippen molar-refractivity contribution in [2.24, 2.45) is 0 Å². The number of hydrogen-bond acceptors (Lipinski definition) is 7. The average Bonchev–Trinajstić information content (AvgIpc) is 3.14. The molecule has 1 saturated heterocycles. The smallest absolute Gasteiger partial charge is 0.261 e. The van der Waals surface area contributed by atoms with Crippen LogP contribution in [0, 0.1) is 24.1 Å². The van der Waals surface area contributed by atoms with Crippen molar-refractivity contribution in [3.63, 3.8) is 0 Å². The molecular formula is C20H19FN6O. The first kappa shape index (κ1) is 17.9. The number of piperidine rings is 1. The number of rotatable bonds is 4. The minimum atomic E-state index is -0.375. The van der Waals surface area contributed by atoms with Gasteiger partial charge < -0.3 is 14.7 Å². The average molecular weight is 378 g/mol. The van der Waals surface area contributed by atoms with Crippen LogP contribution in [0.3, 0.4) is 0 Å². The predicted octanol–water partition coefficient (Wildman–Crippen LogP) is 3.53. The van der Waals surface area contributed by atoms with E-state index >= 15 is 0 Å². The summed E-state index contributed by atoms with van der Waals surface area (Å²) in [5, 5.41) is 16.2. The lowest BCUT2D eigenvalue weighted by Gasteiger charge is -2.35. The summed E-state index contributed by atoms with van der Waals surface area (Å²) in [7, 11) is 0. The van der Waals surface area contributed by atoms with Crippen molar-refractivity contribution < 1.29 is 8.91 Å². The maximum atomic E-state index is 14.4. The topological polar surface area (TPSA) is 90.9 Å². The predicted molar refractivity (Wildman–Crippen MR) is 102 cm³/mol. The Hall–Kier alpha value is -3.47. The van der Waals surface area contributed by atoms with Gasteiger partial charge in [0.2, 0.25) is 0 Å². The van der Waals surface area contributed by atoms with Gasteiger partial charge >= 0.3 is 0 Å². The highest BCUT2D eigenvalue weighted by molar-refractivity contribution is 5.69. The Kier molecular flexibility index (Phi) is 4.89. The molecule has 1 aromatic carbocycles. The second-order valence-electron chi connectivity index (χ2n) is 6.75. The van der Waals surface area contributed by atoms with Crippen molar-refractivity contribution in [2.45, 2.75) is 25.8 Å². The van der Waals surface area contributed by atoms with Gasteiger partial charge in [0.25, 0.3) is 5.89 Å². The number of anilines is 2. The van der Waals surface area contributed by atoms with Gasteiger partial charge in [-0.1, -0.05) is 5.16 Å². The van der Waals surface area contributed by atoms with Gasteiger partial charge in [-0.05, 0) is 50.1 Å². The molecule has 0 bridgehead atoms. The van der Waals surface area contributed by atoms with E-state index in [0.29, 0.717) is 35.3 Å². The van der Waals surface area contributed by atoms with Gasteiger partial charge in [0.15, 0.2) is 5.82 Å². The van der Waals surface area contributed by atoms with Gasteiger partial charge in [-0.2, -0.15) is 10.2 Å². The molecule has 3 aromatic rings. The molecular weight excluding hydrogens is 359 g/mol. The van der Waals surface area contributed by atoms with E-state index in [-0.39, 0.29) is 11.9 Å². The molecule has 1 atom stereocenters. The molecule has 7 nitrogen and oxygen atoms in total. The molecule has 8 heteroatoms. The van der Waals surface area contributed by atoms with Crippen molar-refractivity contribution in [1.29, 1.82) is 5.26 Å². The van der Waals surface area contributed by atoms with E-state index in [2.05, 4.69) is 20.4 Å². The first-order chi connectivity index (χ1) is 13.6. The third kappa shape index (κ3) is 3.64. The van der Waals surface area contributed by atoms with Crippen LogP contribution in [0.2, 0.25) is 0 Å². The SMILES string of the molecule is Cc1noc(-c2cccnc2NC2CCCN(c3ccc(C#N)cc3F)C2)n1. The Morgan fingerprint density at radius 2 is 2.25 bits per heavy atom. The van der Waals surface area contributed by atoms with Gasteiger partial charge in [0.1, 0.15) is 11.6 Å². The Balaban J connectivity index is 1.53. The lowest BCUT2D eigenvalue weighted by Crippen LogP contribution is -2.42. The van der Waals surface area contributed by atoms with E-state index in [4.69, 9.17) is 9.78 Å². The van der Waals surface area contributed by atoms with Crippen LogP contribution >= 0.6 is 0 Å². The molecule has 1 aliphatic heterocycles. The zero-order chi connectivity index (χ0) is 19.5. The monoisotopic (exact) mass is 378 g/mol. The molecule has 0 saturated carbocycles. The Morgan fingerprint density at radius 3 is 3.00 bits per heavy atom. The summed E-state index contributed by atoms with van der Waals surface area (Å²) in [4.78, 5) is 10.7. The van der Waals surface area contributed by atoms with Crippen LogP contribution < -0.4 is 10.2 Å². The molecule has 3 heterocycles. The van der Waals surface area contributed by atoms with Gasteiger partial charge in [-0.3, -0.25) is 0 Å². The highest BCUT2D eigenvalue weighted by Gasteiger charge is 2.24. The number of nitriles is 1. The summed E-state index contributed by atoms with van der Waals surface area (Å²) in [6, 6.07) is 10.3. The number of nitrogens with one attached hydrogen (secondary N) is 1. The Bertz CT molecular complexity index is 1030. The molecule has 0 amide bonds. The van der Waals surface area contributed by atoms with E-state index < -0.39 is 0 Å². The fraction of sp³-hybridized carbons (Fsp3) is 0.300. The van der Waals surface area contributed by atoms with Gasteiger partial charge in [0.05, 0.1) is 22.9 Å². The lowest BCUT2D eigenvalue weighted by molar-refractivity contribution is 0.425. The zero-order valence-corrected chi connectivity index (χ0v) is 15.4. The third-order valence-corrected chi connectivity index (χ3v) is 4.75. The summed E-state index contributed by atoms with van der Waals surface area (Å²) in [5.74, 6) is 1.27.